The van der Waals surface area contributed by atoms with Crippen molar-refractivity contribution in [1.29, 1.82) is 0 Å². The smallest absolute Gasteiger partial charge is 0.234 e. The Morgan fingerprint density at radius 1 is 1.39 bits per heavy atom. The maximum absolute atomic E-state index is 11.8. The molecule has 18 heavy (non-hydrogen) atoms. The largest absolute Gasteiger partial charge is 0.383 e. The van der Waals surface area contributed by atoms with E-state index >= 15 is 0 Å². The molecule has 0 aromatic carbocycles. The Bertz CT molecular complexity index is 250. The van der Waals surface area contributed by atoms with Gasteiger partial charge in [-0.2, -0.15) is 0 Å². The number of nitrogens with zero attached hydrogens (tertiary/aromatic N) is 1. The summed E-state index contributed by atoms with van der Waals surface area (Å²) < 4.78 is 5.01. The number of nitrogens with one attached hydrogen (secondary N) is 1. The maximum atomic E-state index is 11.8. The Kier molecular flexibility index (Phi) is 6.65. The molecule has 1 aliphatic rings. The molecular formula is C14H28N2O2. The van der Waals surface area contributed by atoms with Gasteiger partial charge < -0.3 is 10.1 Å². The first kappa shape index (κ1) is 15.4. The zero-order valence-electron chi connectivity index (χ0n) is 12.2. The highest BCUT2D eigenvalue weighted by atomic mass is 16.5. The van der Waals surface area contributed by atoms with Gasteiger partial charge in [-0.1, -0.05) is 6.92 Å². The molecule has 1 atom stereocenters. The molecular weight excluding hydrogens is 228 g/mol. The van der Waals surface area contributed by atoms with E-state index in [0.717, 1.165) is 5.92 Å². The number of rotatable bonds is 6. The van der Waals surface area contributed by atoms with Gasteiger partial charge in [-0.05, 0) is 45.6 Å². The summed E-state index contributed by atoms with van der Waals surface area (Å²) in [5.41, 5.74) is 0. The second-order valence-corrected chi connectivity index (χ2v) is 5.75. The Hall–Kier alpha value is -0.610. The molecule has 0 heterocycles. The first-order valence-corrected chi connectivity index (χ1v) is 7.01. The topological polar surface area (TPSA) is 41.6 Å². The number of hydrogen-bond donors (Lipinski definition) is 1. The molecule has 0 bridgehead atoms. The van der Waals surface area contributed by atoms with Crippen LogP contribution < -0.4 is 5.32 Å². The lowest BCUT2D eigenvalue weighted by molar-refractivity contribution is -0.123. The monoisotopic (exact) mass is 256 g/mol. The third-order valence-electron chi connectivity index (χ3n) is 3.83. The Balaban J connectivity index is 2.26. The van der Waals surface area contributed by atoms with Crippen molar-refractivity contribution < 1.29 is 9.53 Å². The number of carbonyl (C=O) groups excluding carboxylic acids is 1. The zero-order chi connectivity index (χ0) is 13.5. The van der Waals surface area contributed by atoms with Gasteiger partial charge in [0, 0.05) is 19.2 Å². The summed E-state index contributed by atoms with van der Waals surface area (Å²) in [4.78, 5) is 14.0. The summed E-state index contributed by atoms with van der Waals surface area (Å²) in [5, 5.41) is 2.95. The molecule has 1 amide bonds. The van der Waals surface area contributed by atoms with Crippen LogP contribution in [0.4, 0.5) is 0 Å². The van der Waals surface area contributed by atoms with Crippen LogP contribution in [0.3, 0.4) is 0 Å². The first-order chi connectivity index (χ1) is 8.52. The van der Waals surface area contributed by atoms with E-state index in [1.807, 2.05) is 6.92 Å². The van der Waals surface area contributed by atoms with E-state index < -0.39 is 0 Å². The van der Waals surface area contributed by atoms with E-state index in [2.05, 4.69) is 24.2 Å². The molecule has 4 heteroatoms. The summed E-state index contributed by atoms with van der Waals surface area (Å²) in [5.74, 6) is 0.950. The fourth-order valence-electron chi connectivity index (χ4n) is 2.65. The highest BCUT2D eigenvalue weighted by Crippen LogP contribution is 2.26. The third kappa shape index (κ3) is 5.36. The summed E-state index contributed by atoms with van der Waals surface area (Å²) >= 11 is 0. The molecule has 1 rings (SSSR count). The second-order valence-electron chi connectivity index (χ2n) is 5.75. The fourth-order valence-corrected chi connectivity index (χ4v) is 2.65. The average molecular weight is 256 g/mol. The molecule has 0 radical (unpaired) electrons. The molecule has 0 saturated heterocycles. The molecule has 0 unspecified atom stereocenters. The zero-order valence-corrected chi connectivity index (χ0v) is 12.2. The average Bonchev–Trinajstić information content (AvgIpc) is 2.29. The second kappa shape index (κ2) is 7.74. The number of amides is 1. The number of methoxy groups -OCH3 is 1. The lowest BCUT2D eigenvalue weighted by Crippen LogP contribution is -2.45. The van der Waals surface area contributed by atoms with Gasteiger partial charge in [0.05, 0.1) is 13.2 Å². The van der Waals surface area contributed by atoms with Gasteiger partial charge in [0.2, 0.25) is 5.91 Å². The number of ether oxygens (including phenoxy) is 1. The minimum absolute atomic E-state index is 0.0854. The van der Waals surface area contributed by atoms with Gasteiger partial charge in [-0.25, -0.2) is 0 Å². The normalized spacial score (nSPS) is 26.1. The van der Waals surface area contributed by atoms with Crippen molar-refractivity contribution in [2.75, 3.05) is 27.3 Å². The first-order valence-electron chi connectivity index (χ1n) is 7.01. The summed E-state index contributed by atoms with van der Waals surface area (Å²) in [7, 11) is 3.71. The van der Waals surface area contributed by atoms with Crippen LogP contribution in [-0.2, 0) is 9.53 Å². The minimum atomic E-state index is 0.0854. The quantitative estimate of drug-likeness (QED) is 0.785. The van der Waals surface area contributed by atoms with Crippen LogP contribution in [0.25, 0.3) is 0 Å². The van der Waals surface area contributed by atoms with Crippen LogP contribution in [0.15, 0.2) is 0 Å². The maximum Gasteiger partial charge on any atom is 0.234 e. The standard InChI is InChI=1S/C14H28N2O2/c1-11-5-7-13(8-6-11)16(3)9-14(17)15-12(2)10-18-4/h11-13H,5-10H2,1-4H3,(H,15,17)/t11?,12-,13?/m0/s1. The van der Waals surface area contributed by atoms with E-state index in [1.54, 1.807) is 7.11 Å². The molecule has 0 aliphatic heterocycles. The Morgan fingerprint density at radius 3 is 2.56 bits per heavy atom. The molecule has 0 aromatic rings. The molecule has 106 valence electrons. The summed E-state index contributed by atoms with van der Waals surface area (Å²) in [6, 6.07) is 0.659. The summed E-state index contributed by atoms with van der Waals surface area (Å²) in [6.45, 7) is 5.34. The molecule has 1 aliphatic carbocycles. The van der Waals surface area contributed by atoms with Crippen LogP contribution >= 0.6 is 0 Å². The fraction of sp³-hybridized carbons (Fsp3) is 0.929. The minimum Gasteiger partial charge on any atom is -0.383 e. The van der Waals surface area contributed by atoms with Gasteiger partial charge in [0.25, 0.3) is 0 Å². The highest BCUT2D eigenvalue weighted by molar-refractivity contribution is 5.78. The predicted molar refractivity (Wildman–Crippen MR) is 73.5 cm³/mol. The van der Waals surface area contributed by atoms with Crippen molar-refractivity contribution >= 4 is 5.91 Å². The SMILES string of the molecule is COC[C@H](C)NC(=O)CN(C)C1CCC(C)CC1. The van der Waals surface area contributed by atoms with E-state index in [4.69, 9.17) is 4.74 Å². The van der Waals surface area contributed by atoms with E-state index in [9.17, 15) is 4.79 Å². The number of hydrogen-bond acceptors (Lipinski definition) is 3. The molecule has 1 N–H and O–H groups in total. The van der Waals surface area contributed by atoms with Crippen molar-refractivity contribution in [3.05, 3.63) is 0 Å². The Labute approximate surface area is 111 Å². The van der Waals surface area contributed by atoms with E-state index in [1.165, 1.54) is 25.7 Å². The molecule has 0 aromatic heterocycles. The lowest BCUT2D eigenvalue weighted by atomic mass is 9.87. The van der Waals surface area contributed by atoms with Crippen molar-refractivity contribution in [3.8, 4) is 0 Å². The molecule has 1 fully saturated rings. The van der Waals surface area contributed by atoms with Crippen molar-refractivity contribution in [3.63, 3.8) is 0 Å². The van der Waals surface area contributed by atoms with Crippen molar-refractivity contribution in [1.82, 2.24) is 10.2 Å². The number of likely N-dealkylation sites (N-methyl/N-ethyl adjacent to an activating group) is 1. The highest BCUT2D eigenvalue weighted by Gasteiger charge is 2.23. The molecule has 4 nitrogen and oxygen atoms in total. The van der Waals surface area contributed by atoms with Gasteiger partial charge in [-0.3, -0.25) is 9.69 Å². The van der Waals surface area contributed by atoms with Crippen LogP contribution in [0.2, 0.25) is 0 Å². The Morgan fingerprint density at radius 2 is 2.00 bits per heavy atom. The third-order valence-corrected chi connectivity index (χ3v) is 3.83. The van der Waals surface area contributed by atoms with Gasteiger partial charge >= 0.3 is 0 Å². The van der Waals surface area contributed by atoms with Gasteiger partial charge in [0.15, 0.2) is 0 Å². The molecule has 0 spiro atoms. The van der Waals surface area contributed by atoms with Crippen LogP contribution in [0, 0.1) is 5.92 Å². The number of carbonyl (C=O) groups is 1. The van der Waals surface area contributed by atoms with Crippen molar-refractivity contribution in [2.45, 2.75) is 51.6 Å². The predicted octanol–water partition coefficient (Wildman–Crippen LogP) is 1.65. The van der Waals surface area contributed by atoms with E-state index in [0.29, 0.717) is 19.2 Å². The van der Waals surface area contributed by atoms with Crippen LogP contribution in [0.5, 0.6) is 0 Å². The summed E-state index contributed by atoms with van der Waals surface area (Å²) in [6.07, 6.45) is 5.02. The van der Waals surface area contributed by atoms with Gasteiger partial charge in [0.1, 0.15) is 0 Å². The van der Waals surface area contributed by atoms with Crippen molar-refractivity contribution in [2.24, 2.45) is 5.92 Å². The van der Waals surface area contributed by atoms with Crippen LogP contribution in [-0.4, -0.2) is 50.2 Å². The lowest BCUT2D eigenvalue weighted by Gasteiger charge is -2.33. The van der Waals surface area contributed by atoms with Crippen LogP contribution in [0.1, 0.15) is 39.5 Å². The van der Waals surface area contributed by atoms with E-state index in [-0.39, 0.29) is 11.9 Å². The molecule has 1 saturated carbocycles. The van der Waals surface area contributed by atoms with Gasteiger partial charge in [-0.15, -0.1) is 0 Å².